The zero-order chi connectivity index (χ0) is 28.9. The molecular formula is C23H43N5O11. The Labute approximate surface area is 225 Å². The van der Waals surface area contributed by atoms with Gasteiger partial charge in [0.05, 0.1) is 18.7 Å². The van der Waals surface area contributed by atoms with E-state index in [2.05, 4.69) is 5.32 Å². The van der Waals surface area contributed by atoms with E-state index in [1.54, 1.807) is 6.08 Å². The summed E-state index contributed by atoms with van der Waals surface area (Å²) in [6.45, 7) is -0.596. The number of aliphatic hydroxyl groups excluding tert-OH is 6. The monoisotopic (exact) mass is 565 g/mol. The van der Waals surface area contributed by atoms with E-state index in [-0.39, 0.29) is 31.9 Å². The van der Waals surface area contributed by atoms with Crippen LogP contribution in [0.5, 0.6) is 0 Å². The molecule has 0 radical (unpaired) electrons. The molecule has 3 aliphatic rings. The molecule has 0 aromatic heterocycles. The summed E-state index contributed by atoms with van der Waals surface area (Å²) in [7, 11) is 0. The Morgan fingerprint density at radius 3 is 2.49 bits per heavy atom. The summed E-state index contributed by atoms with van der Waals surface area (Å²) < 4.78 is 23.0. The summed E-state index contributed by atoms with van der Waals surface area (Å²) in [4.78, 5) is 12.6. The molecule has 16 heteroatoms. The number of allylic oxidation sites excluding steroid dienone is 1. The van der Waals surface area contributed by atoms with Crippen LogP contribution in [0.3, 0.4) is 0 Å². The summed E-state index contributed by atoms with van der Waals surface area (Å²) in [5.74, 6) is -0.752. The predicted octanol–water partition coefficient (Wildman–Crippen LogP) is -5.85. The number of nitrogens with one attached hydrogen (secondary N) is 1. The predicted molar refractivity (Wildman–Crippen MR) is 133 cm³/mol. The van der Waals surface area contributed by atoms with Gasteiger partial charge in [-0.15, -0.1) is 0 Å². The third-order valence-electron chi connectivity index (χ3n) is 7.27. The molecule has 1 saturated carbocycles. The number of carbonyl (C=O) groups excluding carboxylic acids is 1. The number of hydrogen-bond acceptors (Lipinski definition) is 15. The average Bonchev–Trinajstić information content (AvgIpc) is 2.92. The van der Waals surface area contributed by atoms with Gasteiger partial charge in [-0.2, -0.15) is 0 Å². The molecule has 0 bridgehead atoms. The number of rotatable bonds is 11. The van der Waals surface area contributed by atoms with Crippen molar-refractivity contribution in [2.45, 2.75) is 105 Å². The molecule has 2 fully saturated rings. The summed E-state index contributed by atoms with van der Waals surface area (Å²) >= 11 is 0. The lowest BCUT2D eigenvalue weighted by Crippen LogP contribution is -2.68. The fourth-order valence-corrected chi connectivity index (χ4v) is 4.92. The van der Waals surface area contributed by atoms with Crippen molar-refractivity contribution < 1.29 is 54.4 Å². The summed E-state index contributed by atoms with van der Waals surface area (Å²) in [6, 6.07) is -3.11. The van der Waals surface area contributed by atoms with Crippen LogP contribution in [0.2, 0.25) is 0 Å². The summed E-state index contributed by atoms with van der Waals surface area (Å²) in [5.41, 5.74) is 23.2. The first kappa shape index (κ1) is 31.9. The first-order valence-corrected chi connectivity index (χ1v) is 13.1. The van der Waals surface area contributed by atoms with Crippen LogP contribution < -0.4 is 28.3 Å². The quantitative estimate of drug-likeness (QED) is 0.111. The minimum atomic E-state index is -1.56. The van der Waals surface area contributed by atoms with Gasteiger partial charge < -0.3 is 77.8 Å². The molecule has 0 aromatic rings. The van der Waals surface area contributed by atoms with Gasteiger partial charge in [0.2, 0.25) is 5.91 Å². The molecule has 0 spiro atoms. The second kappa shape index (κ2) is 14.3. The number of nitrogens with two attached hydrogens (primary N) is 4. The van der Waals surface area contributed by atoms with Gasteiger partial charge in [-0.1, -0.05) is 0 Å². The van der Waals surface area contributed by atoms with Crippen molar-refractivity contribution in [2.75, 3.05) is 19.7 Å². The van der Waals surface area contributed by atoms with Gasteiger partial charge in [-0.05, 0) is 38.3 Å². The smallest absolute Gasteiger partial charge is 0.275 e. The van der Waals surface area contributed by atoms with Crippen LogP contribution in [-0.4, -0.2) is 136 Å². The van der Waals surface area contributed by atoms with E-state index in [0.717, 1.165) is 0 Å². The minimum absolute atomic E-state index is 0.00344. The first-order chi connectivity index (χ1) is 18.5. The molecule has 226 valence electrons. The highest BCUT2D eigenvalue weighted by molar-refractivity contribution is 5.80. The van der Waals surface area contributed by atoms with E-state index in [1.165, 1.54) is 0 Å². The van der Waals surface area contributed by atoms with Crippen LogP contribution in [0.25, 0.3) is 0 Å². The summed E-state index contributed by atoms with van der Waals surface area (Å²) in [6.07, 6.45) is -9.99. The van der Waals surface area contributed by atoms with Crippen LogP contribution >= 0.6 is 0 Å². The minimum Gasteiger partial charge on any atom is -0.460 e. The van der Waals surface area contributed by atoms with Gasteiger partial charge in [0.25, 0.3) is 5.95 Å². The molecule has 5 unspecified atom stereocenters. The maximum Gasteiger partial charge on any atom is 0.275 e. The number of carbonyl (C=O) groups is 1. The largest absolute Gasteiger partial charge is 0.460 e. The molecule has 13 atom stereocenters. The Morgan fingerprint density at radius 1 is 1.13 bits per heavy atom. The van der Waals surface area contributed by atoms with Crippen LogP contribution in [-0.2, 0) is 23.7 Å². The Kier molecular flexibility index (Phi) is 11.7. The highest BCUT2D eigenvalue weighted by Crippen LogP contribution is 2.31. The van der Waals surface area contributed by atoms with Crippen molar-refractivity contribution in [1.29, 1.82) is 0 Å². The van der Waals surface area contributed by atoms with Gasteiger partial charge in [0, 0.05) is 12.6 Å². The van der Waals surface area contributed by atoms with Crippen molar-refractivity contribution in [3.63, 3.8) is 0 Å². The molecule has 1 amide bonds. The average molecular weight is 566 g/mol. The number of amides is 1. The van der Waals surface area contributed by atoms with Gasteiger partial charge in [0.15, 0.2) is 6.29 Å². The van der Waals surface area contributed by atoms with Crippen LogP contribution in [0.15, 0.2) is 12.0 Å². The SMILES string of the molecule is NCC[C@H](O)C(=O)N[C@@H]1C[C@H](N)C(OC2=CCC[C@@H](C(O)CN)O2)C(O)[C@H]1O[C@H]1OC(CO)[C@@H](O)[C@H](N)C1O. The normalized spacial score (nSPS) is 40.7. The molecule has 2 aliphatic heterocycles. The van der Waals surface area contributed by atoms with Crippen molar-refractivity contribution >= 4 is 5.91 Å². The van der Waals surface area contributed by atoms with Crippen molar-refractivity contribution in [3.05, 3.63) is 12.0 Å². The molecule has 2 heterocycles. The van der Waals surface area contributed by atoms with Crippen molar-refractivity contribution in [2.24, 2.45) is 22.9 Å². The highest BCUT2D eigenvalue weighted by Gasteiger charge is 2.51. The zero-order valence-electron chi connectivity index (χ0n) is 21.6. The molecule has 0 aromatic carbocycles. The maximum absolute atomic E-state index is 12.6. The van der Waals surface area contributed by atoms with E-state index in [0.29, 0.717) is 12.8 Å². The number of ether oxygens (including phenoxy) is 4. The highest BCUT2D eigenvalue weighted by atomic mass is 16.7. The van der Waals surface area contributed by atoms with Crippen LogP contribution in [0.4, 0.5) is 0 Å². The molecule has 3 rings (SSSR count). The Balaban J connectivity index is 1.81. The molecule has 1 saturated heterocycles. The molecule has 1 aliphatic carbocycles. The van der Waals surface area contributed by atoms with E-state index in [4.69, 9.17) is 41.9 Å². The fraction of sp³-hybridized carbons (Fsp3) is 0.870. The van der Waals surface area contributed by atoms with Gasteiger partial charge in [-0.3, -0.25) is 4.79 Å². The number of hydrogen-bond donors (Lipinski definition) is 11. The van der Waals surface area contributed by atoms with E-state index in [9.17, 15) is 35.4 Å². The molecular weight excluding hydrogens is 522 g/mol. The van der Waals surface area contributed by atoms with E-state index < -0.39 is 91.9 Å². The van der Waals surface area contributed by atoms with Crippen LogP contribution in [0.1, 0.15) is 25.7 Å². The zero-order valence-corrected chi connectivity index (χ0v) is 21.6. The maximum atomic E-state index is 12.6. The third-order valence-corrected chi connectivity index (χ3v) is 7.27. The van der Waals surface area contributed by atoms with Gasteiger partial charge >= 0.3 is 0 Å². The van der Waals surface area contributed by atoms with Crippen molar-refractivity contribution in [1.82, 2.24) is 5.32 Å². The molecule has 16 nitrogen and oxygen atoms in total. The lowest BCUT2D eigenvalue weighted by atomic mass is 9.83. The standard InChI is InChI=1S/C23H43N5O11/c24-5-4-11(30)22(35)28-10-6-9(26)20(38-15-3-1-2-13(36-15)12(31)7-25)19(34)21(10)39-23-18(33)16(27)17(32)14(8-29)37-23/h3,9-14,16-21,23,29-34H,1-2,4-8,24-27H2,(H,28,35)/t9-,10+,11-,12?,13-,14?,16-,17+,18?,19?,20?,21-,23+/m0/s1. The van der Waals surface area contributed by atoms with Gasteiger partial charge in [0.1, 0.15) is 54.9 Å². The lowest BCUT2D eigenvalue weighted by Gasteiger charge is -2.47. The van der Waals surface area contributed by atoms with Crippen LogP contribution in [0, 0.1) is 0 Å². The Morgan fingerprint density at radius 2 is 1.85 bits per heavy atom. The topological polar surface area (TPSA) is 291 Å². The molecule has 15 N–H and O–H groups in total. The second-order valence-electron chi connectivity index (χ2n) is 10.1. The van der Waals surface area contributed by atoms with E-state index >= 15 is 0 Å². The first-order valence-electron chi connectivity index (χ1n) is 13.1. The Bertz CT molecular complexity index is 823. The number of aliphatic hydroxyl groups is 6. The van der Waals surface area contributed by atoms with Crippen molar-refractivity contribution in [3.8, 4) is 0 Å². The fourth-order valence-electron chi connectivity index (χ4n) is 4.92. The second-order valence-corrected chi connectivity index (χ2v) is 10.1. The lowest BCUT2D eigenvalue weighted by molar-refractivity contribution is -0.306. The van der Waals surface area contributed by atoms with E-state index in [1.807, 2.05) is 0 Å². The Hall–Kier alpha value is -1.67. The molecule has 39 heavy (non-hydrogen) atoms. The van der Waals surface area contributed by atoms with Gasteiger partial charge in [-0.25, -0.2) is 0 Å². The third kappa shape index (κ3) is 7.55. The summed E-state index contributed by atoms with van der Waals surface area (Å²) in [5, 5.41) is 64.4.